The van der Waals surface area contributed by atoms with Crippen molar-refractivity contribution in [1.82, 2.24) is 15.6 Å². The minimum atomic E-state index is -0.0545. The summed E-state index contributed by atoms with van der Waals surface area (Å²) >= 11 is 1.75. The topological polar surface area (TPSA) is 58.5 Å². The Labute approximate surface area is 184 Å². The van der Waals surface area contributed by atoms with Gasteiger partial charge in [0.1, 0.15) is 5.75 Å². The fraction of sp³-hybridized carbons (Fsp3) is 0.500. The Balaban J connectivity index is 0.00000364. The molecule has 0 radical (unpaired) electrons. The highest BCUT2D eigenvalue weighted by atomic mass is 127. The maximum absolute atomic E-state index is 5.24. The molecule has 27 heavy (non-hydrogen) atoms. The number of benzene rings is 1. The number of hydrogen-bond donors (Lipinski definition) is 2. The highest BCUT2D eigenvalue weighted by Crippen LogP contribution is 2.25. The normalized spacial score (nSPS) is 11.7. The second-order valence-electron chi connectivity index (χ2n) is 6.85. The number of aliphatic imine (C=N–C) groups is 1. The van der Waals surface area contributed by atoms with Gasteiger partial charge in [-0.2, -0.15) is 0 Å². The number of methoxy groups -OCH3 is 1. The lowest BCUT2D eigenvalue weighted by Gasteiger charge is -2.24. The zero-order chi connectivity index (χ0) is 19.0. The molecule has 150 valence electrons. The monoisotopic (exact) mass is 502 g/mol. The van der Waals surface area contributed by atoms with Crippen LogP contribution in [0.3, 0.4) is 0 Å². The maximum Gasteiger partial charge on any atom is 0.191 e. The van der Waals surface area contributed by atoms with Crippen molar-refractivity contribution >= 4 is 41.3 Å². The molecule has 0 aliphatic rings. The van der Waals surface area contributed by atoms with E-state index in [1.807, 2.05) is 18.3 Å². The smallest absolute Gasteiger partial charge is 0.191 e. The number of hydrogen-bond acceptors (Lipinski definition) is 4. The molecule has 2 N–H and O–H groups in total. The largest absolute Gasteiger partial charge is 0.497 e. The van der Waals surface area contributed by atoms with Crippen LogP contribution in [-0.4, -0.2) is 37.7 Å². The molecule has 1 aromatic carbocycles. The standard InChI is InChI=1S/C20H30N4OS.HI/c1-6-21-19(22-12-11-18-23-13-15(2)26-18)24-14-20(3,4)16-7-9-17(25-5)10-8-16;/h7-10,13H,6,11-12,14H2,1-5H3,(H2,21,22,24);1H. The Morgan fingerprint density at radius 3 is 2.48 bits per heavy atom. The molecule has 5 nitrogen and oxygen atoms in total. The highest BCUT2D eigenvalue weighted by Gasteiger charge is 2.20. The first-order chi connectivity index (χ1) is 12.4. The molecule has 2 aromatic rings. The van der Waals surface area contributed by atoms with Crippen molar-refractivity contribution in [1.29, 1.82) is 0 Å². The summed E-state index contributed by atoms with van der Waals surface area (Å²) in [7, 11) is 1.69. The van der Waals surface area contributed by atoms with Gasteiger partial charge in [-0.1, -0.05) is 26.0 Å². The second kappa shape index (κ2) is 11.5. The maximum atomic E-state index is 5.24. The van der Waals surface area contributed by atoms with Crippen LogP contribution in [0, 0.1) is 6.92 Å². The van der Waals surface area contributed by atoms with E-state index in [1.165, 1.54) is 10.4 Å². The molecule has 0 bridgehead atoms. The van der Waals surface area contributed by atoms with Gasteiger partial charge in [0.2, 0.25) is 0 Å². The van der Waals surface area contributed by atoms with Crippen LogP contribution in [0.25, 0.3) is 0 Å². The van der Waals surface area contributed by atoms with E-state index >= 15 is 0 Å². The molecule has 0 unspecified atom stereocenters. The van der Waals surface area contributed by atoms with E-state index in [9.17, 15) is 0 Å². The van der Waals surface area contributed by atoms with E-state index in [2.05, 4.69) is 55.4 Å². The summed E-state index contributed by atoms with van der Waals surface area (Å²) in [6.07, 6.45) is 2.83. The lowest BCUT2D eigenvalue weighted by molar-refractivity contribution is 0.414. The SMILES string of the molecule is CCNC(=NCC(C)(C)c1ccc(OC)cc1)NCCc1ncc(C)s1.I. The number of guanidine groups is 1. The summed E-state index contributed by atoms with van der Waals surface area (Å²) < 4.78 is 5.24. The predicted octanol–water partition coefficient (Wildman–Crippen LogP) is 4.15. The summed E-state index contributed by atoms with van der Waals surface area (Å²) in [6.45, 7) is 10.9. The van der Waals surface area contributed by atoms with Crippen molar-refractivity contribution in [2.24, 2.45) is 4.99 Å². The van der Waals surface area contributed by atoms with Crippen LogP contribution in [0.5, 0.6) is 5.75 Å². The fourth-order valence-corrected chi connectivity index (χ4v) is 3.34. The average molecular weight is 502 g/mol. The van der Waals surface area contributed by atoms with E-state index in [-0.39, 0.29) is 29.4 Å². The molecular formula is C20H31IN4OS. The third kappa shape index (κ3) is 7.65. The van der Waals surface area contributed by atoms with Crippen molar-refractivity contribution in [2.75, 3.05) is 26.7 Å². The number of aryl methyl sites for hydroxylation is 1. The predicted molar refractivity (Wildman–Crippen MR) is 126 cm³/mol. The minimum Gasteiger partial charge on any atom is -0.497 e. The molecule has 0 fully saturated rings. The van der Waals surface area contributed by atoms with E-state index in [4.69, 9.17) is 9.73 Å². The Morgan fingerprint density at radius 1 is 1.22 bits per heavy atom. The molecule has 0 saturated heterocycles. The van der Waals surface area contributed by atoms with E-state index in [0.717, 1.165) is 36.2 Å². The van der Waals surface area contributed by atoms with Gasteiger partial charge in [-0.3, -0.25) is 4.99 Å². The minimum absolute atomic E-state index is 0. The van der Waals surface area contributed by atoms with Gasteiger partial charge in [0, 0.05) is 36.0 Å². The third-order valence-corrected chi connectivity index (χ3v) is 5.12. The Bertz CT molecular complexity index is 713. The van der Waals surface area contributed by atoms with Gasteiger partial charge in [0.25, 0.3) is 0 Å². The first-order valence-corrected chi connectivity index (χ1v) is 9.84. The summed E-state index contributed by atoms with van der Waals surface area (Å²) in [5, 5.41) is 7.88. The van der Waals surface area contributed by atoms with Crippen LogP contribution in [0.2, 0.25) is 0 Å². The fourth-order valence-electron chi connectivity index (χ4n) is 2.56. The Morgan fingerprint density at radius 2 is 1.93 bits per heavy atom. The molecule has 1 heterocycles. The zero-order valence-electron chi connectivity index (χ0n) is 16.8. The summed E-state index contributed by atoms with van der Waals surface area (Å²) in [4.78, 5) is 10.4. The second-order valence-corrected chi connectivity index (χ2v) is 8.17. The molecule has 0 atom stereocenters. The van der Waals surface area contributed by atoms with Gasteiger partial charge in [-0.05, 0) is 31.5 Å². The van der Waals surface area contributed by atoms with E-state index in [0.29, 0.717) is 6.54 Å². The number of thiazole rings is 1. The number of rotatable bonds is 8. The average Bonchev–Trinajstić information content (AvgIpc) is 3.05. The number of halogens is 1. The van der Waals surface area contributed by atoms with Crippen LogP contribution in [0.1, 0.15) is 36.2 Å². The Hall–Kier alpha value is -1.35. The summed E-state index contributed by atoms with van der Waals surface area (Å²) in [6, 6.07) is 8.22. The number of nitrogens with zero attached hydrogens (tertiary/aromatic N) is 2. The van der Waals surface area contributed by atoms with Crippen molar-refractivity contribution in [3.05, 3.63) is 45.9 Å². The molecular weight excluding hydrogens is 471 g/mol. The molecule has 0 spiro atoms. The first-order valence-electron chi connectivity index (χ1n) is 9.02. The summed E-state index contributed by atoms with van der Waals surface area (Å²) in [5.41, 5.74) is 1.19. The van der Waals surface area contributed by atoms with Crippen LogP contribution in [0.4, 0.5) is 0 Å². The van der Waals surface area contributed by atoms with Gasteiger partial charge < -0.3 is 15.4 Å². The molecule has 7 heteroatoms. The van der Waals surface area contributed by atoms with Crippen molar-refractivity contribution in [3.63, 3.8) is 0 Å². The molecule has 0 aliphatic heterocycles. The van der Waals surface area contributed by atoms with Gasteiger partial charge in [-0.15, -0.1) is 35.3 Å². The molecule has 0 saturated carbocycles. The lowest BCUT2D eigenvalue weighted by atomic mass is 9.85. The van der Waals surface area contributed by atoms with Crippen molar-refractivity contribution in [2.45, 2.75) is 39.5 Å². The highest BCUT2D eigenvalue weighted by molar-refractivity contribution is 14.0. The van der Waals surface area contributed by atoms with Crippen LogP contribution < -0.4 is 15.4 Å². The van der Waals surface area contributed by atoms with E-state index in [1.54, 1.807) is 18.4 Å². The number of ether oxygens (including phenoxy) is 1. The van der Waals surface area contributed by atoms with Crippen LogP contribution >= 0.6 is 35.3 Å². The Kier molecular flexibility index (Phi) is 10.1. The number of aromatic nitrogens is 1. The zero-order valence-corrected chi connectivity index (χ0v) is 20.0. The molecule has 1 aromatic heterocycles. The quantitative estimate of drug-likeness (QED) is 0.324. The van der Waals surface area contributed by atoms with Gasteiger partial charge in [0.05, 0.1) is 18.7 Å². The van der Waals surface area contributed by atoms with Gasteiger partial charge >= 0.3 is 0 Å². The van der Waals surface area contributed by atoms with Gasteiger partial charge in [0.15, 0.2) is 5.96 Å². The lowest BCUT2D eigenvalue weighted by Crippen LogP contribution is -2.39. The van der Waals surface area contributed by atoms with E-state index < -0.39 is 0 Å². The van der Waals surface area contributed by atoms with Crippen LogP contribution in [0.15, 0.2) is 35.5 Å². The van der Waals surface area contributed by atoms with Crippen molar-refractivity contribution in [3.8, 4) is 5.75 Å². The molecule has 0 aliphatic carbocycles. The number of nitrogens with one attached hydrogen (secondary N) is 2. The molecule has 2 rings (SSSR count). The van der Waals surface area contributed by atoms with Crippen LogP contribution in [-0.2, 0) is 11.8 Å². The van der Waals surface area contributed by atoms with Crippen molar-refractivity contribution < 1.29 is 4.74 Å². The first kappa shape index (κ1) is 23.7. The summed E-state index contributed by atoms with van der Waals surface area (Å²) in [5.74, 6) is 1.72. The third-order valence-electron chi connectivity index (χ3n) is 4.15. The molecule has 0 amide bonds. The van der Waals surface area contributed by atoms with Gasteiger partial charge in [-0.25, -0.2) is 4.98 Å².